The summed E-state index contributed by atoms with van der Waals surface area (Å²) in [6.45, 7) is 0.265. The van der Waals surface area contributed by atoms with Gasteiger partial charge in [0.05, 0.1) is 11.4 Å². The van der Waals surface area contributed by atoms with Crippen LogP contribution in [0.1, 0.15) is 6.42 Å². The van der Waals surface area contributed by atoms with Gasteiger partial charge in [-0.25, -0.2) is 8.78 Å². The summed E-state index contributed by atoms with van der Waals surface area (Å²) in [5, 5.41) is 5.28. The molecule has 0 aliphatic rings. The summed E-state index contributed by atoms with van der Waals surface area (Å²) in [5.41, 5.74) is 0.481. The highest BCUT2D eigenvalue weighted by Gasteiger charge is 2.06. The maximum absolute atomic E-state index is 13.3. The average molecular weight is 276 g/mol. The zero-order chi connectivity index (χ0) is 14.4. The lowest BCUT2D eigenvalue weighted by molar-refractivity contribution is -0.116. The number of carbonyl (C=O) groups is 1. The molecule has 0 atom stereocenters. The van der Waals surface area contributed by atoms with Gasteiger partial charge >= 0.3 is 0 Å². The number of hydrogen-bond acceptors (Lipinski definition) is 2. The number of nitrogens with one attached hydrogen (secondary N) is 2. The molecule has 0 aliphatic heterocycles. The van der Waals surface area contributed by atoms with Crippen LogP contribution in [0.5, 0.6) is 0 Å². The number of benzene rings is 2. The first-order chi connectivity index (χ1) is 9.66. The summed E-state index contributed by atoms with van der Waals surface area (Å²) in [6, 6.07) is 12.1. The Morgan fingerprint density at radius 2 is 1.45 bits per heavy atom. The summed E-state index contributed by atoms with van der Waals surface area (Å²) >= 11 is 0. The van der Waals surface area contributed by atoms with Crippen LogP contribution in [0.3, 0.4) is 0 Å². The van der Waals surface area contributed by atoms with Gasteiger partial charge in [0.25, 0.3) is 0 Å². The van der Waals surface area contributed by atoms with Crippen molar-refractivity contribution in [1.82, 2.24) is 0 Å². The van der Waals surface area contributed by atoms with Crippen LogP contribution in [-0.4, -0.2) is 12.5 Å². The van der Waals surface area contributed by atoms with E-state index in [-0.39, 0.29) is 30.4 Å². The maximum Gasteiger partial charge on any atom is 0.226 e. The minimum absolute atomic E-state index is 0.114. The molecule has 0 aromatic heterocycles. The molecule has 2 N–H and O–H groups in total. The van der Waals surface area contributed by atoms with Crippen molar-refractivity contribution in [2.75, 3.05) is 17.2 Å². The molecule has 104 valence electrons. The van der Waals surface area contributed by atoms with Crippen molar-refractivity contribution < 1.29 is 13.6 Å². The lowest BCUT2D eigenvalue weighted by Crippen LogP contribution is -2.17. The predicted molar refractivity (Wildman–Crippen MR) is 74.5 cm³/mol. The molecule has 0 radical (unpaired) electrons. The molecule has 2 aromatic rings. The van der Waals surface area contributed by atoms with Crippen LogP contribution in [0, 0.1) is 11.6 Å². The maximum atomic E-state index is 13.3. The first kappa shape index (κ1) is 14.0. The number of amides is 1. The zero-order valence-corrected chi connectivity index (χ0v) is 10.7. The smallest absolute Gasteiger partial charge is 0.226 e. The first-order valence-electron chi connectivity index (χ1n) is 6.19. The quantitative estimate of drug-likeness (QED) is 0.878. The van der Waals surface area contributed by atoms with E-state index >= 15 is 0 Å². The molecule has 1 amide bonds. The summed E-state index contributed by atoms with van der Waals surface area (Å²) < 4.78 is 26.6. The fraction of sp³-hybridized carbons (Fsp3) is 0.133. The predicted octanol–water partition coefficient (Wildman–Crippen LogP) is 3.41. The Bertz CT molecular complexity index is 602. The van der Waals surface area contributed by atoms with E-state index in [0.717, 1.165) is 0 Å². The monoisotopic (exact) mass is 276 g/mol. The van der Waals surface area contributed by atoms with Crippen LogP contribution < -0.4 is 10.6 Å². The van der Waals surface area contributed by atoms with Crippen LogP contribution in [0.15, 0.2) is 48.5 Å². The fourth-order valence-electron chi connectivity index (χ4n) is 1.69. The summed E-state index contributed by atoms with van der Waals surface area (Å²) in [4.78, 5) is 11.6. The molecular weight excluding hydrogens is 262 g/mol. The summed E-state index contributed by atoms with van der Waals surface area (Å²) in [5.74, 6) is -1.19. The molecule has 0 fully saturated rings. The van der Waals surface area contributed by atoms with E-state index in [9.17, 15) is 13.6 Å². The molecule has 0 heterocycles. The third-order valence-electron chi connectivity index (χ3n) is 2.69. The van der Waals surface area contributed by atoms with Crippen molar-refractivity contribution in [3.8, 4) is 0 Å². The molecule has 20 heavy (non-hydrogen) atoms. The van der Waals surface area contributed by atoms with Gasteiger partial charge in [-0.3, -0.25) is 4.79 Å². The fourth-order valence-corrected chi connectivity index (χ4v) is 1.69. The van der Waals surface area contributed by atoms with Gasteiger partial charge in [0, 0.05) is 13.0 Å². The van der Waals surface area contributed by atoms with Crippen molar-refractivity contribution in [2.45, 2.75) is 6.42 Å². The summed E-state index contributed by atoms with van der Waals surface area (Å²) in [7, 11) is 0. The molecule has 0 saturated carbocycles. The molecule has 0 saturated heterocycles. The average Bonchev–Trinajstić information content (AvgIpc) is 2.43. The molecule has 0 aliphatic carbocycles. The van der Waals surface area contributed by atoms with Gasteiger partial charge in [0.2, 0.25) is 5.91 Å². The standard InChI is InChI=1S/C15H14F2N2O/c16-11-5-1-3-7-13(11)18-10-9-15(20)19-14-8-4-2-6-12(14)17/h1-8,18H,9-10H2,(H,19,20). The Balaban J connectivity index is 1.82. The molecule has 3 nitrogen and oxygen atoms in total. The van der Waals surface area contributed by atoms with Gasteiger partial charge in [-0.15, -0.1) is 0 Å². The molecule has 2 rings (SSSR count). The van der Waals surface area contributed by atoms with E-state index in [1.807, 2.05) is 0 Å². The highest BCUT2D eigenvalue weighted by atomic mass is 19.1. The minimum Gasteiger partial charge on any atom is -0.382 e. The second-order valence-corrected chi connectivity index (χ2v) is 4.18. The Hall–Kier alpha value is -2.43. The van der Waals surface area contributed by atoms with E-state index in [0.29, 0.717) is 5.69 Å². The Labute approximate surface area is 115 Å². The second kappa shape index (κ2) is 6.65. The Morgan fingerprint density at radius 3 is 2.05 bits per heavy atom. The van der Waals surface area contributed by atoms with Crippen molar-refractivity contribution >= 4 is 17.3 Å². The van der Waals surface area contributed by atoms with Gasteiger partial charge in [-0.2, -0.15) is 0 Å². The molecule has 5 heteroatoms. The molecule has 0 unspecified atom stereocenters. The number of halogens is 2. The van der Waals surface area contributed by atoms with Crippen LogP contribution >= 0.6 is 0 Å². The lowest BCUT2D eigenvalue weighted by Gasteiger charge is -2.08. The van der Waals surface area contributed by atoms with E-state index in [4.69, 9.17) is 0 Å². The lowest BCUT2D eigenvalue weighted by atomic mass is 10.2. The van der Waals surface area contributed by atoms with Crippen molar-refractivity contribution in [2.24, 2.45) is 0 Å². The summed E-state index contributed by atoms with van der Waals surface area (Å²) in [6.07, 6.45) is 0.114. The normalized spacial score (nSPS) is 10.1. The van der Waals surface area contributed by atoms with E-state index in [1.165, 1.54) is 18.2 Å². The van der Waals surface area contributed by atoms with E-state index < -0.39 is 5.82 Å². The van der Waals surface area contributed by atoms with Crippen molar-refractivity contribution in [3.63, 3.8) is 0 Å². The zero-order valence-electron chi connectivity index (χ0n) is 10.7. The third-order valence-corrected chi connectivity index (χ3v) is 2.69. The van der Waals surface area contributed by atoms with Crippen LogP contribution in [0.2, 0.25) is 0 Å². The Kier molecular flexibility index (Phi) is 4.65. The molecule has 0 bridgehead atoms. The highest BCUT2D eigenvalue weighted by molar-refractivity contribution is 5.91. The van der Waals surface area contributed by atoms with Crippen LogP contribution in [0.4, 0.5) is 20.2 Å². The minimum atomic E-state index is -0.483. The van der Waals surface area contributed by atoms with E-state index in [1.54, 1.807) is 30.3 Å². The van der Waals surface area contributed by atoms with Crippen molar-refractivity contribution in [1.29, 1.82) is 0 Å². The van der Waals surface area contributed by atoms with Crippen LogP contribution in [0.25, 0.3) is 0 Å². The topological polar surface area (TPSA) is 41.1 Å². The molecular formula is C15H14F2N2O. The van der Waals surface area contributed by atoms with Gasteiger partial charge in [-0.05, 0) is 24.3 Å². The number of rotatable bonds is 5. The van der Waals surface area contributed by atoms with Gasteiger partial charge in [0.1, 0.15) is 11.6 Å². The van der Waals surface area contributed by atoms with E-state index in [2.05, 4.69) is 10.6 Å². The largest absolute Gasteiger partial charge is 0.382 e. The van der Waals surface area contributed by atoms with Crippen LogP contribution in [-0.2, 0) is 4.79 Å². The van der Waals surface area contributed by atoms with Gasteiger partial charge in [-0.1, -0.05) is 24.3 Å². The number of anilines is 2. The highest BCUT2D eigenvalue weighted by Crippen LogP contribution is 2.14. The molecule has 0 spiro atoms. The number of para-hydroxylation sites is 2. The SMILES string of the molecule is O=C(CCNc1ccccc1F)Nc1ccccc1F. The second-order valence-electron chi connectivity index (χ2n) is 4.18. The van der Waals surface area contributed by atoms with Crippen molar-refractivity contribution in [3.05, 3.63) is 60.2 Å². The van der Waals surface area contributed by atoms with Gasteiger partial charge in [0.15, 0.2) is 0 Å². The van der Waals surface area contributed by atoms with Gasteiger partial charge < -0.3 is 10.6 Å². The Morgan fingerprint density at radius 1 is 0.900 bits per heavy atom. The first-order valence-corrected chi connectivity index (χ1v) is 6.19. The number of hydrogen-bond donors (Lipinski definition) is 2. The third kappa shape index (κ3) is 3.78. The number of carbonyl (C=O) groups excluding carboxylic acids is 1. The molecule has 2 aromatic carbocycles.